The highest BCUT2D eigenvalue weighted by Crippen LogP contribution is 2.34. The smallest absolute Gasteiger partial charge is 0.243 e. The molecular weight excluding hydrogens is 376 g/mol. The Kier molecular flexibility index (Phi) is 4.03. The molecule has 5 rings (SSSR count). The van der Waals surface area contributed by atoms with Crippen LogP contribution in [0.3, 0.4) is 0 Å². The highest BCUT2D eigenvalue weighted by atomic mass is 32.2. The van der Waals surface area contributed by atoms with Crippen LogP contribution < -0.4 is 0 Å². The molecule has 4 heterocycles. The van der Waals surface area contributed by atoms with Crippen molar-refractivity contribution in [1.82, 2.24) is 18.8 Å². The molecule has 0 N–H and O–H groups in total. The minimum atomic E-state index is -3.53. The summed E-state index contributed by atoms with van der Waals surface area (Å²) < 4.78 is 35.1. The fourth-order valence-electron chi connectivity index (χ4n) is 3.74. The minimum Gasteiger partial charge on any atom is -0.461 e. The Hall–Kier alpha value is -2.97. The number of hydrogen-bond donors (Lipinski definition) is 0. The van der Waals surface area contributed by atoms with Gasteiger partial charge in [-0.05, 0) is 42.8 Å². The van der Waals surface area contributed by atoms with E-state index < -0.39 is 10.0 Å². The van der Waals surface area contributed by atoms with Crippen LogP contribution in [0.15, 0.2) is 76.4 Å². The lowest BCUT2D eigenvalue weighted by Crippen LogP contribution is -2.29. The second-order valence-electron chi connectivity index (χ2n) is 6.75. The molecule has 0 amide bonds. The predicted molar refractivity (Wildman–Crippen MR) is 104 cm³/mol. The molecule has 4 aromatic rings. The zero-order valence-corrected chi connectivity index (χ0v) is 15.8. The summed E-state index contributed by atoms with van der Waals surface area (Å²) >= 11 is 0. The standard InChI is InChI=1S/C20H18N4O3S/c25-28(26,16-6-2-1-3-7-16)23-12-10-15(14-23)24-19-17(8-4-11-21-19)22-20(24)18-9-5-13-27-18/h1-9,11,13,15H,10,12,14H2/t15-/m0/s1. The van der Waals surface area contributed by atoms with Gasteiger partial charge in [-0.25, -0.2) is 18.4 Å². The van der Waals surface area contributed by atoms with Crippen molar-refractivity contribution >= 4 is 21.2 Å². The van der Waals surface area contributed by atoms with E-state index in [1.807, 2.05) is 34.9 Å². The number of aromatic nitrogens is 3. The van der Waals surface area contributed by atoms with E-state index in [0.29, 0.717) is 36.0 Å². The van der Waals surface area contributed by atoms with Crippen molar-refractivity contribution in [3.8, 4) is 11.6 Å². The molecule has 142 valence electrons. The fourth-order valence-corrected chi connectivity index (χ4v) is 5.25. The Morgan fingerprint density at radius 1 is 1.04 bits per heavy atom. The van der Waals surface area contributed by atoms with Gasteiger partial charge in [0.1, 0.15) is 5.52 Å². The first-order valence-corrected chi connectivity index (χ1v) is 10.5. The number of imidazole rings is 1. The summed E-state index contributed by atoms with van der Waals surface area (Å²) in [6, 6.07) is 15.9. The third kappa shape index (κ3) is 2.73. The summed E-state index contributed by atoms with van der Waals surface area (Å²) in [5, 5.41) is 0. The lowest BCUT2D eigenvalue weighted by atomic mass is 10.2. The van der Waals surface area contributed by atoms with Crippen molar-refractivity contribution in [2.75, 3.05) is 13.1 Å². The molecule has 1 aromatic carbocycles. The number of benzene rings is 1. The molecule has 28 heavy (non-hydrogen) atoms. The topological polar surface area (TPSA) is 81.2 Å². The maximum atomic E-state index is 13.0. The summed E-state index contributed by atoms with van der Waals surface area (Å²) in [7, 11) is -3.53. The third-order valence-corrected chi connectivity index (χ3v) is 6.94. The van der Waals surface area contributed by atoms with Crippen molar-refractivity contribution in [1.29, 1.82) is 0 Å². The average Bonchev–Trinajstić information content (AvgIpc) is 3.46. The minimum absolute atomic E-state index is 0.0708. The first-order chi connectivity index (χ1) is 13.6. The maximum Gasteiger partial charge on any atom is 0.243 e. The van der Waals surface area contributed by atoms with Crippen LogP contribution in [0.2, 0.25) is 0 Å². The van der Waals surface area contributed by atoms with Gasteiger partial charge in [-0.1, -0.05) is 18.2 Å². The van der Waals surface area contributed by atoms with Crippen LogP contribution in [0, 0.1) is 0 Å². The van der Waals surface area contributed by atoms with E-state index in [2.05, 4.69) is 9.97 Å². The monoisotopic (exact) mass is 394 g/mol. The summed E-state index contributed by atoms with van der Waals surface area (Å²) in [6.07, 6.45) is 4.01. The van der Waals surface area contributed by atoms with Gasteiger partial charge in [0.25, 0.3) is 0 Å². The Morgan fingerprint density at radius 2 is 1.89 bits per heavy atom. The lowest BCUT2D eigenvalue weighted by Gasteiger charge is -2.18. The summed E-state index contributed by atoms with van der Waals surface area (Å²) in [5.74, 6) is 1.31. The van der Waals surface area contributed by atoms with E-state index in [1.54, 1.807) is 36.7 Å². The van der Waals surface area contributed by atoms with E-state index in [9.17, 15) is 8.42 Å². The molecular formula is C20H18N4O3S. The second-order valence-corrected chi connectivity index (χ2v) is 8.69. The van der Waals surface area contributed by atoms with E-state index in [1.165, 1.54) is 4.31 Å². The summed E-state index contributed by atoms with van der Waals surface area (Å²) in [5.41, 5.74) is 1.50. The van der Waals surface area contributed by atoms with Crippen molar-refractivity contribution in [3.05, 3.63) is 67.1 Å². The molecule has 1 saturated heterocycles. The zero-order valence-electron chi connectivity index (χ0n) is 15.0. The summed E-state index contributed by atoms with van der Waals surface area (Å²) in [4.78, 5) is 9.49. The van der Waals surface area contributed by atoms with Gasteiger partial charge in [0.15, 0.2) is 17.2 Å². The van der Waals surface area contributed by atoms with Gasteiger partial charge in [-0.15, -0.1) is 0 Å². The maximum absolute atomic E-state index is 13.0. The molecule has 1 fully saturated rings. The van der Waals surface area contributed by atoms with Gasteiger partial charge in [0.2, 0.25) is 10.0 Å². The highest BCUT2D eigenvalue weighted by Gasteiger charge is 2.35. The molecule has 3 aromatic heterocycles. The van der Waals surface area contributed by atoms with E-state index >= 15 is 0 Å². The normalized spacial score (nSPS) is 18.1. The number of fused-ring (bicyclic) bond motifs is 1. The number of furan rings is 1. The number of rotatable bonds is 4. The largest absolute Gasteiger partial charge is 0.461 e. The highest BCUT2D eigenvalue weighted by molar-refractivity contribution is 7.89. The van der Waals surface area contributed by atoms with Crippen molar-refractivity contribution in [3.63, 3.8) is 0 Å². The van der Waals surface area contributed by atoms with E-state index in [0.717, 1.165) is 11.2 Å². The van der Waals surface area contributed by atoms with Crippen LogP contribution in [0.4, 0.5) is 0 Å². The van der Waals surface area contributed by atoms with Gasteiger partial charge >= 0.3 is 0 Å². The van der Waals surface area contributed by atoms with Gasteiger partial charge in [0.05, 0.1) is 17.2 Å². The first-order valence-electron chi connectivity index (χ1n) is 9.06. The van der Waals surface area contributed by atoms with E-state index in [-0.39, 0.29) is 6.04 Å². The molecule has 0 radical (unpaired) electrons. The van der Waals surface area contributed by atoms with Crippen LogP contribution in [0.25, 0.3) is 22.7 Å². The molecule has 1 aliphatic heterocycles. The van der Waals surface area contributed by atoms with Crippen LogP contribution in [-0.2, 0) is 10.0 Å². The molecule has 1 aliphatic rings. The third-order valence-electron chi connectivity index (χ3n) is 5.06. The van der Waals surface area contributed by atoms with Crippen LogP contribution in [0.1, 0.15) is 12.5 Å². The molecule has 0 spiro atoms. The Labute approximate surface area is 162 Å². The summed E-state index contributed by atoms with van der Waals surface area (Å²) in [6.45, 7) is 0.818. The zero-order chi connectivity index (χ0) is 19.1. The quantitative estimate of drug-likeness (QED) is 0.530. The van der Waals surface area contributed by atoms with Crippen molar-refractivity contribution in [2.24, 2.45) is 0 Å². The number of hydrogen-bond acceptors (Lipinski definition) is 5. The Morgan fingerprint density at radius 3 is 2.68 bits per heavy atom. The number of nitrogens with zero attached hydrogens (tertiary/aromatic N) is 4. The Balaban J connectivity index is 1.55. The molecule has 0 unspecified atom stereocenters. The van der Waals surface area contributed by atoms with E-state index in [4.69, 9.17) is 4.42 Å². The Bertz CT molecular complexity index is 1220. The first kappa shape index (κ1) is 17.2. The SMILES string of the molecule is O=S(=O)(c1ccccc1)N1CC[C@H](n2c(-c3ccco3)nc3cccnc32)C1. The molecule has 0 saturated carbocycles. The van der Waals surface area contributed by atoms with Crippen molar-refractivity contribution in [2.45, 2.75) is 17.4 Å². The number of pyridine rings is 1. The molecule has 0 bridgehead atoms. The second kappa shape index (κ2) is 6.57. The van der Waals surface area contributed by atoms with Crippen LogP contribution in [-0.4, -0.2) is 40.3 Å². The average molecular weight is 394 g/mol. The van der Waals surface area contributed by atoms with Gasteiger partial charge in [0, 0.05) is 19.3 Å². The lowest BCUT2D eigenvalue weighted by molar-refractivity contribution is 0.453. The van der Waals surface area contributed by atoms with Crippen molar-refractivity contribution < 1.29 is 12.8 Å². The fraction of sp³-hybridized carbons (Fsp3) is 0.200. The van der Waals surface area contributed by atoms with Gasteiger partial charge in [-0.2, -0.15) is 4.31 Å². The van der Waals surface area contributed by atoms with Gasteiger partial charge in [-0.3, -0.25) is 0 Å². The predicted octanol–water partition coefficient (Wildman–Crippen LogP) is 3.33. The molecule has 0 aliphatic carbocycles. The van der Waals surface area contributed by atoms with Gasteiger partial charge < -0.3 is 8.98 Å². The van der Waals surface area contributed by atoms with Crippen LogP contribution in [0.5, 0.6) is 0 Å². The molecule has 8 heteroatoms. The molecule has 1 atom stereocenters. The van der Waals surface area contributed by atoms with Crippen LogP contribution >= 0.6 is 0 Å². The molecule has 7 nitrogen and oxygen atoms in total. The number of sulfonamides is 1.